The number of nitrogens with one attached hydrogen (secondary N) is 1. The van der Waals surface area contributed by atoms with E-state index in [4.69, 9.17) is 15.6 Å². The van der Waals surface area contributed by atoms with Crippen LogP contribution in [0.4, 0.5) is 0 Å². The summed E-state index contributed by atoms with van der Waals surface area (Å²) < 4.78 is 5.45. The molecule has 0 aliphatic carbocycles. The first-order chi connectivity index (χ1) is 7.99. The Labute approximate surface area is 99.9 Å². The normalized spacial score (nSPS) is 23.1. The number of carbonyl (C=O) groups is 2. The van der Waals surface area contributed by atoms with Gasteiger partial charge >= 0.3 is 5.97 Å². The first-order valence-corrected chi connectivity index (χ1v) is 5.54. The SMILES string of the molecule is CN1CCOC(CNC(=O)C(N)CC(=O)O)C1. The molecule has 1 rings (SSSR count). The summed E-state index contributed by atoms with van der Waals surface area (Å²) in [5.74, 6) is -1.54. The second kappa shape index (κ2) is 6.53. The Morgan fingerprint density at radius 1 is 1.65 bits per heavy atom. The number of nitrogens with zero attached hydrogens (tertiary/aromatic N) is 1. The molecule has 0 radical (unpaired) electrons. The molecule has 0 aromatic heterocycles. The van der Waals surface area contributed by atoms with Gasteiger partial charge in [-0.25, -0.2) is 0 Å². The van der Waals surface area contributed by atoms with Gasteiger partial charge in [-0.15, -0.1) is 0 Å². The molecule has 4 N–H and O–H groups in total. The third-order valence-corrected chi connectivity index (χ3v) is 2.58. The molecule has 17 heavy (non-hydrogen) atoms. The van der Waals surface area contributed by atoms with E-state index in [1.807, 2.05) is 7.05 Å². The van der Waals surface area contributed by atoms with E-state index in [0.717, 1.165) is 13.1 Å². The van der Waals surface area contributed by atoms with Crippen LogP contribution in [0.3, 0.4) is 0 Å². The highest BCUT2D eigenvalue weighted by atomic mass is 16.5. The molecule has 98 valence electrons. The zero-order valence-electron chi connectivity index (χ0n) is 9.89. The molecule has 1 heterocycles. The maximum Gasteiger partial charge on any atom is 0.305 e. The van der Waals surface area contributed by atoms with E-state index in [1.54, 1.807) is 0 Å². The molecule has 0 saturated carbocycles. The first kappa shape index (κ1) is 13.9. The van der Waals surface area contributed by atoms with Gasteiger partial charge in [0.25, 0.3) is 0 Å². The second-order valence-electron chi connectivity index (χ2n) is 4.20. The lowest BCUT2D eigenvalue weighted by Crippen LogP contribution is -2.49. The van der Waals surface area contributed by atoms with Crippen molar-refractivity contribution in [2.75, 3.05) is 33.3 Å². The molecule has 7 heteroatoms. The summed E-state index contributed by atoms with van der Waals surface area (Å²) in [6.45, 7) is 2.62. The van der Waals surface area contributed by atoms with E-state index in [9.17, 15) is 9.59 Å². The van der Waals surface area contributed by atoms with Gasteiger partial charge in [-0.3, -0.25) is 9.59 Å². The number of carboxylic acids is 1. The van der Waals surface area contributed by atoms with E-state index in [2.05, 4.69) is 10.2 Å². The van der Waals surface area contributed by atoms with Gasteiger partial charge in [0, 0.05) is 19.6 Å². The number of rotatable bonds is 5. The van der Waals surface area contributed by atoms with E-state index in [-0.39, 0.29) is 12.5 Å². The van der Waals surface area contributed by atoms with Crippen molar-refractivity contribution in [2.45, 2.75) is 18.6 Å². The summed E-state index contributed by atoms with van der Waals surface area (Å²) >= 11 is 0. The molecule has 0 aromatic rings. The quantitative estimate of drug-likeness (QED) is 0.530. The monoisotopic (exact) mass is 245 g/mol. The third-order valence-electron chi connectivity index (χ3n) is 2.58. The van der Waals surface area contributed by atoms with Gasteiger partial charge in [0.1, 0.15) is 0 Å². The predicted molar refractivity (Wildman–Crippen MR) is 60.5 cm³/mol. The summed E-state index contributed by atoms with van der Waals surface area (Å²) in [4.78, 5) is 23.9. The lowest BCUT2D eigenvalue weighted by molar-refractivity contribution is -0.139. The van der Waals surface area contributed by atoms with Gasteiger partial charge in [-0.05, 0) is 7.05 Å². The Kier molecular flexibility index (Phi) is 5.33. The number of nitrogens with two attached hydrogens (primary N) is 1. The summed E-state index contributed by atoms with van der Waals surface area (Å²) in [6, 6.07) is -1.01. The average molecular weight is 245 g/mol. The third kappa shape index (κ3) is 5.12. The standard InChI is InChI=1S/C10H19N3O4/c1-13-2-3-17-7(6-13)5-12-10(16)8(11)4-9(14)15/h7-8H,2-6,11H2,1H3,(H,12,16)(H,14,15). The molecular formula is C10H19N3O4. The Morgan fingerprint density at radius 3 is 2.94 bits per heavy atom. The zero-order chi connectivity index (χ0) is 12.8. The molecule has 0 spiro atoms. The highest BCUT2D eigenvalue weighted by molar-refractivity contribution is 5.85. The number of hydrogen-bond donors (Lipinski definition) is 3. The number of ether oxygens (including phenoxy) is 1. The van der Waals surface area contributed by atoms with Gasteiger partial charge in [0.2, 0.25) is 5.91 Å². The van der Waals surface area contributed by atoms with Gasteiger partial charge in [-0.2, -0.15) is 0 Å². The minimum Gasteiger partial charge on any atom is -0.481 e. The van der Waals surface area contributed by atoms with Crippen LogP contribution in [-0.2, 0) is 14.3 Å². The lowest BCUT2D eigenvalue weighted by atomic mass is 10.2. The van der Waals surface area contributed by atoms with Gasteiger partial charge < -0.3 is 25.8 Å². The number of carboxylic acid groups (broad SMARTS) is 1. The van der Waals surface area contributed by atoms with Crippen LogP contribution in [-0.4, -0.2) is 67.3 Å². The fourth-order valence-corrected chi connectivity index (χ4v) is 1.62. The van der Waals surface area contributed by atoms with Crippen LogP contribution in [0.15, 0.2) is 0 Å². The van der Waals surface area contributed by atoms with Crippen LogP contribution in [0.2, 0.25) is 0 Å². The lowest BCUT2D eigenvalue weighted by Gasteiger charge is -2.30. The van der Waals surface area contributed by atoms with Gasteiger partial charge in [-0.1, -0.05) is 0 Å². The maximum absolute atomic E-state index is 11.4. The van der Waals surface area contributed by atoms with Crippen molar-refractivity contribution in [1.29, 1.82) is 0 Å². The number of amides is 1. The smallest absolute Gasteiger partial charge is 0.305 e. The van der Waals surface area contributed by atoms with Gasteiger partial charge in [0.05, 0.1) is 25.2 Å². The van der Waals surface area contributed by atoms with Crippen molar-refractivity contribution in [3.8, 4) is 0 Å². The molecule has 7 nitrogen and oxygen atoms in total. The van der Waals surface area contributed by atoms with Crippen molar-refractivity contribution in [3.63, 3.8) is 0 Å². The van der Waals surface area contributed by atoms with Crippen molar-refractivity contribution in [3.05, 3.63) is 0 Å². The van der Waals surface area contributed by atoms with Crippen LogP contribution in [0.5, 0.6) is 0 Å². The minimum atomic E-state index is -1.08. The van der Waals surface area contributed by atoms with Gasteiger partial charge in [0.15, 0.2) is 0 Å². The highest BCUT2D eigenvalue weighted by Gasteiger charge is 2.21. The Bertz CT molecular complexity index is 285. The molecule has 0 aromatic carbocycles. The summed E-state index contributed by atoms with van der Waals surface area (Å²) in [7, 11) is 1.98. The molecule has 2 unspecified atom stereocenters. The molecule has 1 aliphatic rings. The fraction of sp³-hybridized carbons (Fsp3) is 0.800. The van der Waals surface area contributed by atoms with Crippen LogP contribution in [0.25, 0.3) is 0 Å². The number of morpholine rings is 1. The van der Waals surface area contributed by atoms with Crippen LogP contribution >= 0.6 is 0 Å². The second-order valence-corrected chi connectivity index (χ2v) is 4.20. The number of hydrogen-bond acceptors (Lipinski definition) is 5. The predicted octanol–water partition coefficient (Wildman–Crippen LogP) is -1.76. The van der Waals surface area contributed by atoms with Crippen molar-refractivity contribution in [1.82, 2.24) is 10.2 Å². The fourth-order valence-electron chi connectivity index (χ4n) is 1.62. The van der Waals surface area contributed by atoms with Crippen LogP contribution < -0.4 is 11.1 Å². The largest absolute Gasteiger partial charge is 0.481 e. The number of carbonyl (C=O) groups excluding carboxylic acids is 1. The summed E-state index contributed by atoms with van der Waals surface area (Å²) in [6.07, 6.45) is -0.424. The highest BCUT2D eigenvalue weighted by Crippen LogP contribution is 2.01. The molecule has 1 aliphatic heterocycles. The first-order valence-electron chi connectivity index (χ1n) is 5.54. The molecule has 1 saturated heterocycles. The average Bonchev–Trinajstić information content (AvgIpc) is 2.25. The summed E-state index contributed by atoms with van der Waals surface area (Å²) in [5, 5.41) is 11.1. The van der Waals surface area contributed by atoms with Crippen LogP contribution in [0, 0.1) is 0 Å². The Hall–Kier alpha value is -1.18. The summed E-state index contributed by atoms with van der Waals surface area (Å²) in [5.41, 5.74) is 5.42. The van der Waals surface area contributed by atoms with Crippen molar-refractivity contribution < 1.29 is 19.4 Å². The topological polar surface area (TPSA) is 105 Å². The molecule has 1 fully saturated rings. The molecular weight excluding hydrogens is 226 g/mol. The zero-order valence-corrected chi connectivity index (χ0v) is 9.89. The number of likely N-dealkylation sites (N-methyl/N-ethyl adjacent to an activating group) is 1. The van der Waals surface area contributed by atoms with Crippen molar-refractivity contribution in [2.24, 2.45) is 5.73 Å². The van der Waals surface area contributed by atoms with E-state index in [0.29, 0.717) is 13.2 Å². The molecule has 2 atom stereocenters. The Morgan fingerprint density at radius 2 is 2.35 bits per heavy atom. The molecule has 0 bridgehead atoms. The van der Waals surface area contributed by atoms with E-state index >= 15 is 0 Å². The van der Waals surface area contributed by atoms with Crippen LogP contribution in [0.1, 0.15) is 6.42 Å². The minimum absolute atomic E-state index is 0.0604. The van der Waals surface area contributed by atoms with E-state index in [1.165, 1.54) is 0 Å². The number of aliphatic carboxylic acids is 1. The maximum atomic E-state index is 11.4. The Balaban J connectivity index is 2.25. The van der Waals surface area contributed by atoms with E-state index < -0.39 is 17.9 Å². The molecule has 1 amide bonds. The van der Waals surface area contributed by atoms with Crippen molar-refractivity contribution >= 4 is 11.9 Å².